The van der Waals surface area contributed by atoms with Gasteiger partial charge in [0.1, 0.15) is 0 Å². The van der Waals surface area contributed by atoms with Crippen LogP contribution in [0.15, 0.2) is 6.20 Å². The normalized spacial score (nSPS) is 9.90. The highest BCUT2D eigenvalue weighted by molar-refractivity contribution is 6.28. The van der Waals surface area contributed by atoms with E-state index in [1.165, 1.54) is 0 Å². The highest BCUT2D eigenvalue weighted by atomic mass is 35.5. The minimum atomic E-state index is 0.273. The van der Waals surface area contributed by atoms with E-state index in [2.05, 4.69) is 9.97 Å². The van der Waals surface area contributed by atoms with Gasteiger partial charge in [-0.15, -0.1) is 0 Å². The molecule has 2 N–H and O–H groups in total. The van der Waals surface area contributed by atoms with E-state index in [1.807, 2.05) is 6.92 Å². The van der Waals surface area contributed by atoms with Crippen LogP contribution in [0.25, 0.3) is 0 Å². The SMILES string of the molecule is Cc1nc(Cl)ncc1CN. The molecule has 0 radical (unpaired) electrons. The Hall–Kier alpha value is -0.670. The van der Waals surface area contributed by atoms with Gasteiger partial charge >= 0.3 is 0 Å². The van der Waals surface area contributed by atoms with E-state index >= 15 is 0 Å². The molecule has 0 saturated heterocycles. The molecule has 0 amide bonds. The second kappa shape index (κ2) is 2.94. The van der Waals surface area contributed by atoms with Crippen LogP contribution in [0.4, 0.5) is 0 Å². The summed E-state index contributed by atoms with van der Waals surface area (Å²) in [6, 6.07) is 0. The van der Waals surface area contributed by atoms with Crippen LogP contribution in [0.2, 0.25) is 5.28 Å². The molecule has 0 saturated carbocycles. The Morgan fingerprint density at radius 2 is 2.40 bits per heavy atom. The predicted octanol–water partition coefficient (Wildman–Crippen LogP) is 0.897. The first kappa shape index (κ1) is 7.44. The number of hydrogen-bond acceptors (Lipinski definition) is 3. The van der Waals surface area contributed by atoms with E-state index in [0.29, 0.717) is 6.54 Å². The van der Waals surface area contributed by atoms with Crippen LogP contribution in [-0.4, -0.2) is 9.97 Å². The molecular formula is C6H8ClN3. The molecule has 0 atom stereocenters. The van der Waals surface area contributed by atoms with Gasteiger partial charge in [0.05, 0.1) is 0 Å². The first-order chi connectivity index (χ1) is 4.74. The lowest BCUT2D eigenvalue weighted by Gasteiger charge is -1.98. The number of hydrogen-bond donors (Lipinski definition) is 1. The Kier molecular flexibility index (Phi) is 2.19. The number of halogens is 1. The standard InChI is InChI=1S/C6H8ClN3/c1-4-5(2-8)3-9-6(7)10-4/h3H,2,8H2,1H3. The van der Waals surface area contributed by atoms with Crippen LogP contribution in [0, 0.1) is 6.92 Å². The van der Waals surface area contributed by atoms with Crippen LogP contribution >= 0.6 is 11.6 Å². The average Bonchev–Trinajstić information content (AvgIpc) is 1.88. The fourth-order valence-electron chi connectivity index (χ4n) is 0.664. The van der Waals surface area contributed by atoms with E-state index in [1.54, 1.807) is 6.20 Å². The zero-order valence-electron chi connectivity index (χ0n) is 5.63. The average molecular weight is 158 g/mol. The van der Waals surface area contributed by atoms with Crippen molar-refractivity contribution in [3.8, 4) is 0 Å². The molecule has 0 unspecified atom stereocenters. The second-order valence-electron chi connectivity index (χ2n) is 1.95. The fraction of sp³-hybridized carbons (Fsp3) is 0.333. The summed E-state index contributed by atoms with van der Waals surface area (Å²) in [5.41, 5.74) is 7.16. The molecule has 0 fully saturated rings. The second-order valence-corrected chi connectivity index (χ2v) is 2.29. The van der Waals surface area contributed by atoms with Gasteiger partial charge in [0.2, 0.25) is 5.28 Å². The lowest BCUT2D eigenvalue weighted by atomic mass is 10.2. The summed E-state index contributed by atoms with van der Waals surface area (Å²) in [5.74, 6) is 0. The van der Waals surface area contributed by atoms with Crippen molar-refractivity contribution < 1.29 is 0 Å². The van der Waals surface area contributed by atoms with Gasteiger partial charge in [-0.25, -0.2) is 9.97 Å². The molecule has 3 nitrogen and oxygen atoms in total. The third-order valence-corrected chi connectivity index (χ3v) is 1.45. The zero-order chi connectivity index (χ0) is 7.56. The van der Waals surface area contributed by atoms with E-state index in [0.717, 1.165) is 11.3 Å². The summed E-state index contributed by atoms with van der Waals surface area (Å²) in [6.07, 6.45) is 1.64. The Bertz CT molecular complexity index is 236. The quantitative estimate of drug-likeness (QED) is 0.617. The summed E-state index contributed by atoms with van der Waals surface area (Å²) >= 11 is 5.51. The Morgan fingerprint density at radius 3 is 2.90 bits per heavy atom. The number of rotatable bonds is 1. The largest absolute Gasteiger partial charge is 0.326 e. The highest BCUT2D eigenvalue weighted by Crippen LogP contribution is 2.05. The third kappa shape index (κ3) is 1.43. The van der Waals surface area contributed by atoms with Crippen molar-refractivity contribution in [3.05, 3.63) is 22.7 Å². The van der Waals surface area contributed by atoms with Crippen LogP contribution in [0.3, 0.4) is 0 Å². The van der Waals surface area contributed by atoms with Gasteiger partial charge in [-0.2, -0.15) is 0 Å². The van der Waals surface area contributed by atoms with Crippen molar-refractivity contribution in [2.75, 3.05) is 0 Å². The molecule has 1 heterocycles. The van der Waals surface area contributed by atoms with Crippen LogP contribution < -0.4 is 5.73 Å². The van der Waals surface area contributed by atoms with Crippen LogP contribution in [0.1, 0.15) is 11.3 Å². The minimum absolute atomic E-state index is 0.273. The maximum absolute atomic E-state index is 5.51. The highest BCUT2D eigenvalue weighted by Gasteiger charge is 1.97. The summed E-state index contributed by atoms with van der Waals surface area (Å²) in [5, 5.41) is 0.273. The molecule has 10 heavy (non-hydrogen) atoms. The summed E-state index contributed by atoms with van der Waals surface area (Å²) < 4.78 is 0. The summed E-state index contributed by atoms with van der Waals surface area (Å²) in [6.45, 7) is 2.32. The van der Waals surface area contributed by atoms with Crippen LogP contribution in [0.5, 0.6) is 0 Å². The van der Waals surface area contributed by atoms with Crippen molar-refractivity contribution >= 4 is 11.6 Å². The van der Waals surface area contributed by atoms with E-state index in [-0.39, 0.29) is 5.28 Å². The van der Waals surface area contributed by atoms with Crippen molar-refractivity contribution in [2.45, 2.75) is 13.5 Å². The molecule has 0 spiro atoms. The van der Waals surface area contributed by atoms with Gasteiger partial charge in [0.25, 0.3) is 0 Å². The number of nitrogens with zero attached hydrogens (tertiary/aromatic N) is 2. The van der Waals surface area contributed by atoms with E-state index in [4.69, 9.17) is 17.3 Å². The van der Waals surface area contributed by atoms with Gasteiger partial charge in [0.15, 0.2) is 0 Å². The molecular weight excluding hydrogens is 150 g/mol. The Labute approximate surface area is 64.2 Å². The smallest absolute Gasteiger partial charge is 0.222 e. The molecule has 0 aliphatic rings. The molecule has 1 rings (SSSR count). The van der Waals surface area contributed by atoms with Crippen molar-refractivity contribution in [1.29, 1.82) is 0 Å². The van der Waals surface area contributed by atoms with Crippen LogP contribution in [-0.2, 0) is 6.54 Å². The first-order valence-electron chi connectivity index (χ1n) is 2.92. The molecule has 0 aliphatic carbocycles. The van der Waals surface area contributed by atoms with Crippen molar-refractivity contribution in [2.24, 2.45) is 5.73 Å². The lowest BCUT2D eigenvalue weighted by Crippen LogP contribution is -2.01. The van der Waals surface area contributed by atoms with Gasteiger partial charge in [0, 0.05) is 24.0 Å². The minimum Gasteiger partial charge on any atom is -0.326 e. The maximum Gasteiger partial charge on any atom is 0.222 e. The Balaban J connectivity index is 3.07. The Morgan fingerprint density at radius 1 is 1.70 bits per heavy atom. The lowest BCUT2D eigenvalue weighted by molar-refractivity contribution is 0.968. The molecule has 0 bridgehead atoms. The molecule has 1 aromatic heterocycles. The zero-order valence-corrected chi connectivity index (χ0v) is 6.39. The molecule has 1 aromatic rings. The van der Waals surface area contributed by atoms with Gasteiger partial charge < -0.3 is 5.73 Å². The van der Waals surface area contributed by atoms with Crippen molar-refractivity contribution in [1.82, 2.24) is 9.97 Å². The van der Waals surface area contributed by atoms with E-state index in [9.17, 15) is 0 Å². The molecule has 0 aliphatic heterocycles. The fourth-order valence-corrected chi connectivity index (χ4v) is 0.840. The molecule has 4 heteroatoms. The number of nitrogens with two attached hydrogens (primary N) is 1. The number of aromatic nitrogens is 2. The summed E-state index contributed by atoms with van der Waals surface area (Å²) in [7, 11) is 0. The predicted molar refractivity (Wildman–Crippen MR) is 39.7 cm³/mol. The monoisotopic (exact) mass is 157 g/mol. The van der Waals surface area contributed by atoms with E-state index < -0.39 is 0 Å². The van der Waals surface area contributed by atoms with Gasteiger partial charge in [-0.05, 0) is 18.5 Å². The topological polar surface area (TPSA) is 51.8 Å². The number of aryl methyl sites for hydroxylation is 1. The van der Waals surface area contributed by atoms with Gasteiger partial charge in [-0.1, -0.05) is 0 Å². The first-order valence-corrected chi connectivity index (χ1v) is 3.30. The maximum atomic E-state index is 5.51. The van der Waals surface area contributed by atoms with Crippen molar-refractivity contribution in [3.63, 3.8) is 0 Å². The summed E-state index contributed by atoms with van der Waals surface area (Å²) in [4.78, 5) is 7.70. The van der Waals surface area contributed by atoms with Gasteiger partial charge in [-0.3, -0.25) is 0 Å². The molecule has 0 aromatic carbocycles. The third-order valence-electron chi connectivity index (χ3n) is 1.27. The molecule has 54 valence electrons.